The van der Waals surface area contributed by atoms with Gasteiger partial charge < -0.3 is 5.21 Å². The maximum absolute atomic E-state index is 8.79. The third kappa shape index (κ3) is 1.56. The summed E-state index contributed by atoms with van der Waals surface area (Å²) >= 11 is 1.83. The number of nitrogens with zero attached hydrogens (tertiary/aromatic N) is 1. The Morgan fingerprint density at radius 2 is 2.31 bits per heavy atom. The minimum absolute atomic E-state index is 0.814. The van der Waals surface area contributed by atoms with E-state index >= 15 is 0 Å². The lowest BCUT2D eigenvalue weighted by molar-refractivity contribution is 0.318. The van der Waals surface area contributed by atoms with E-state index in [1.54, 1.807) is 0 Å². The van der Waals surface area contributed by atoms with Crippen LogP contribution in [0.4, 0.5) is 0 Å². The summed E-state index contributed by atoms with van der Waals surface area (Å²) in [5.41, 5.74) is 3.16. The number of rotatable bonds is 0. The molecule has 0 spiro atoms. The maximum atomic E-state index is 8.79. The Labute approximate surface area is 81.7 Å². The molecule has 0 atom stereocenters. The molecular weight excluding hydrogens is 182 g/mol. The van der Waals surface area contributed by atoms with Crippen LogP contribution in [0.1, 0.15) is 17.5 Å². The third-order valence-electron chi connectivity index (χ3n) is 2.17. The van der Waals surface area contributed by atoms with E-state index in [-0.39, 0.29) is 0 Å². The molecule has 0 aromatic heterocycles. The largest absolute Gasteiger partial charge is 0.411 e. The van der Waals surface area contributed by atoms with Crippen molar-refractivity contribution in [3.8, 4) is 0 Å². The van der Waals surface area contributed by atoms with Crippen molar-refractivity contribution in [3.63, 3.8) is 0 Å². The van der Waals surface area contributed by atoms with E-state index in [9.17, 15) is 0 Å². The highest BCUT2D eigenvalue weighted by molar-refractivity contribution is 7.99. The molecule has 2 nitrogen and oxygen atoms in total. The van der Waals surface area contributed by atoms with Crippen LogP contribution in [0.25, 0.3) is 0 Å². The molecule has 1 aliphatic rings. The standard InChI is InChI=1S/C10H11NOS/c1-7-2-3-8-9(11-12)4-5-13-10(8)6-7/h2-3,6,12H,4-5H2,1H3/b11-9+. The molecule has 2 rings (SSSR count). The molecule has 0 radical (unpaired) electrons. The molecule has 0 unspecified atom stereocenters. The Kier molecular flexibility index (Phi) is 2.27. The molecule has 0 saturated carbocycles. The van der Waals surface area contributed by atoms with Crippen LogP contribution in [0.5, 0.6) is 0 Å². The lowest BCUT2D eigenvalue weighted by atomic mass is 10.1. The van der Waals surface area contributed by atoms with Gasteiger partial charge in [-0.05, 0) is 18.6 Å². The van der Waals surface area contributed by atoms with Crippen molar-refractivity contribution in [3.05, 3.63) is 29.3 Å². The summed E-state index contributed by atoms with van der Waals surface area (Å²) in [6.45, 7) is 2.07. The maximum Gasteiger partial charge on any atom is 0.0887 e. The molecule has 0 saturated heterocycles. The van der Waals surface area contributed by atoms with Crippen LogP contribution < -0.4 is 0 Å². The number of thioether (sulfide) groups is 1. The van der Waals surface area contributed by atoms with Crippen molar-refractivity contribution in [1.82, 2.24) is 0 Å². The highest BCUT2D eigenvalue weighted by atomic mass is 32.2. The zero-order valence-corrected chi connectivity index (χ0v) is 8.27. The van der Waals surface area contributed by atoms with Crippen LogP contribution >= 0.6 is 11.8 Å². The highest BCUT2D eigenvalue weighted by Gasteiger charge is 2.15. The first kappa shape index (κ1) is 8.63. The van der Waals surface area contributed by atoms with E-state index in [1.807, 2.05) is 17.8 Å². The van der Waals surface area contributed by atoms with Gasteiger partial charge in [0.15, 0.2) is 0 Å². The lowest BCUT2D eigenvalue weighted by Gasteiger charge is -2.16. The molecular formula is C10H11NOS. The smallest absolute Gasteiger partial charge is 0.0887 e. The molecule has 1 N–H and O–H groups in total. The predicted octanol–water partition coefficient (Wildman–Crippen LogP) is 2.67. The second-order valence-electron chi connectivity index (χ2n) is 3.14. The molecule has 1 aliphatic heterocycles. The predicted molar refractivity (Wildman–Crippen MR) is 54.8 cm³/mol. The summed E-state index contributed by atoms with van der Waals surface area (Å²) in [4.78, 5) is 1.24. The lowest BCUT2D eigenvalue weighted by Crippen LogP contribution is -2.09. The van der Waals surface area contributed by atoms with Gasteiger partial charge in [0.25, 0.3) is 0 Å². The van der Waals surface area contributed by atoms with Crippen LogP contribution in [-0.2, 0) is 0 Å². The molecule has 0 amide bonds. The minimum Gasteiger partial charge on any atom is -0.411 e. The topological polar surface area (TPSA) is 32.6 Å². The first-order valence-electron chi connectivity index (χ1n) is 4.26. The van der Waals surface area contributed by atoms with Gasteiger partial charge in [0.05, 0.1) is 5.71 Å². The number of oxime groups is 1. The van der Waals surface area contributed by atoms with Crippen molar-refractivity contribution in [2.45, 2.75) is 18.2 Å². The molecule has 1 aromatic rings. The summed E-state index contributed by atoms with van der Waals surface area (Å²) in [5.74, 6) is 1.01. The fourth-order valence-corrected chi connectivity index (χ4v) is 2.61. The average Bonchev–Trinajstić information content (AvgIpc) is 2.16. The number of aryl methyl sites for hydroxylation is 1. The molecule has 1 heterocycles. The second kappa shape index (κ2) is 3.42. The number of hydrogen-bond donors (Lipinski definition) is 1. The zero-order valence-electron chi connectivity index (χ0n) is 7.45. The quantitative estimate of drug-likeness (QED) is 0.507. The average molecular weight is 193 g/mol. The van der Waals surface area contributed by atoms with E-state index in [4.69, 9.17) is 5.21 Å². The summed E-state index contributed by atoms with van der Waals surface area (Å²) in [5, 5.41) is 12.1. The zero-order chi connectivity index (χ0) is 9.26. The molecule has 68 valence electrons. The third-order valence-corrected chi connectivity index (χ3v) is 3.22. The molecule has 0 aliphatic carbocycles. The van der Waals surface area contributed by atoms with E-state index in [0.29, 0.717) is 0 Å². The summed E-state index contributed by atoms with van der Waals surface area (Å²) in [7, 11) is 0. The molecule has 3 heteroatoms. The Morgan fingerprint density at radius 3 is 3.08 bits per heavy atom. The fraction of sp³-hybridized carbons (Fsp3) is 0.300. The van der Waals surface area contributed by atoms with Crippen molar-refractivity contribution < 1.29 is 5.21 Å². The van der Waals surface area contributed by atoms with E-state index in [1.165, 1.54) is 10.5 Å². The minimum atomic E-state index is 0.814. The van der Waals surface area contributed by atoms with Gasteiger partial charge in [-0.25, -0.2) is 0 Å². The Bertz CT molecular complexity index is 360. The van der Waals surface area contributed by atoms with Gasteiger partial charge in [0.1, 0.15) is 0 Å². The van der Waals surface area contributed by atoms with Gasteiger partial charge in [-0.1, -0.05) is 17.3 Å². The first-order chi connectivity index (χ1) is 6.31. The van der Waals surface area contributed by atoms with Crippen molar-refractivity contribution in [2.24, 2.45) is 5.16 Å². The SMILES string of the molecule is Cc1ccc2c(c1)SCC/C2=N\O. The normalized spacial score (nSPS) is 18.7. The van der Waals surface area contributed by atoms with Crippen molar-refractivity contribution in [2.75, 3.05) is 5.75 Å². The second-order valence-corrected chi connectivity index (χ2v) is 4.28. The van der Waals surface area contributed by atoms with E-state index in [0.717, 1.165) is 23.4 Å². The van der Waals surface area contributed by atoms with Crippen LogP contribution in [0.15, 0.2) is 28.3 Å². The van der Waals surface area contributed by atoms with Gasteiger partial charge in [-0.15, -0.1) is 11.8 Å². The van der Waals surface area contributed by atoms with Gasteiger partial charge in [-0.3, -0.25) is 0 Å². The fourth-order valence-electron chi connectivity index (χ4n) is 1.48. The van der Waals surface area contributed by atoms with Gasteiger partial charge in [0, 0.05) is 22.6 Å². The van der Waals surface area contributed by atoms with Gasteiger partial charge in [0.2, 0.25) is 0 Å². The van der Waals surface area contributed by atoms with Gasteiger partial charge >= 0.3 is 0 Å². The Balaban J connectivity index is 2.52. The van der Waals surface area contributed by atoms with Crippen molar-refractivity contribution >= 4 is 17.5 Å². The van der Waals surface area contributed by atoms with Crippen LogP contribution in [0.3, 0.4) is 0 Å². The number of benzene rings is 1. The monoisotopic (exact) mass is 193 g/mol. The molecule has 13 heavy (non-hydrogen) atoms. The van der Waals surface area contributed by atoms with Crippen LogP contribution in [0.2, 0.25) is 0 Å². The van der Waals surface area contributed by atoms with Crippen LogP contribution in [-0.4, -0.2) is 16.7 Å². The van der Waals surface area contributed by atoms with Crippen molar-refractivity contribution in [1.29, 1.82) is 0 Å². The van der Waals surface area contributed by atoms with Crippen LogP contribution in [0, 0.1) is 6.92 Å². The van der Waals surface area contributed by atoms with E-state index in [2.05, 4.69) is 24.2 Å². The summed E-state index contributed by atoms with van der Waals surface area (Å²) in [6, 6.07) is 6.23. The molecule has 0 fully saturated rings. The molecule has 0 bridgehead atoms. The first-order valence-corrected chi connectivity index (χ1v) is 5.24. The summed E-state index contributed by atoms with van der Waals surface area (Å²) < 4.78 is 0. The number of fused-ring (bicyclic) bond motifs is 1. The van der Waals surface area contributed by atoms with E-state index < -0.39 is 0 Å². The Hall–Kier alpha value is -0.960. The Morgan fingerprint density at radius 1 is 1.46 bits per heavy atom. The van der Waals surface area contributed by atoms with Gasteiger partial charge in [-0.2, -0.15) is 0 Å². The summed E-state index contributed by atoms with van der Waals surface area (Å²) in [6.07, 6.45) is 0.858. The number of hydrogen-bond acceptors (Lipinski definition) is 3. The highest BCUT2D eigenvalue weighted by Crippen LogP contribution is 2.30. The molecule has 1 aromatic carbocycles.